The third-order valence-electron chi connectivity index (χ3n) is 6.91. The minimum atomic E-state index is -8.25. The van der Waals surface area contributed by atoms with Crippen LogP contribution in [0.4, 0.5) is 57.1 Å². The first-order valence-electron chi connectivity index (χ1n) is 14.8. The third kappa shape index (κ3) is 13.9. The maximum atomic E-state index is 12.7. The summed E-state index contributed by atoms with van der Waals surface area (Å²) in [6, 6.07) is 0. The number of nitrogens with zero attached hydrogens (tertiary/aromatic N) is 1. The molecule has 0 aromatic rings. The number of rotatable bonds is 22. The summed E-state index contributed by atoms with van der Waals surface area (Å²) in [5.41, 5.74) is 0. The zero-order valence-electron chi connectivity index (χ0n) is 26.1. The molecule has 0 aromatic carbocycles. The minimum Gasteiger partial charge on any atom is -0.331 e. The summed E-state index contributed by atoms with van der Waals surface area (Å²) >= 11 is 0. The Balaban J connectivity index is 0. The molecule has 0 aliphatic heterocycles. The highest BCUT2D eigenvalue weighted by Crippen LogP contribution is 2.60. The van der Waals surface area contributed by atoms with E-state index in [0.717, 1.165) is 4.48 Å². The number of hydrogen-bond donors (Lipinski definition) is 1. The van der Waals surface area contributed by atoms with Crippen molar-refractivity contribution in [3.05, 3.63) is 0 Å². The van der Waals surface area contributed by atoms with Crippen molar-refractivity contribution in [2.45, 2.75) is 145 Å². The van der Waals surface area contributed by atoms with Gasteiger partial charge in [-0.15, -0.1) is 0 Å². The predicted molar refractivity (Wildman–Crippen MR) is 145 cm³/mol. The largest absolute Gasteiger partial charge is 0.460 e. The van der Waals surface area contributed by atoms with Gasteiger partial charge in [0.25, 0.3) is 0 Å². The molecule has 1 N–H and O–H groups in total. The molecule has 0 spiro atoms. The van der Waals surface area contributed by atoms with Crippen LogP contribution < -0.4 is 0 Å². The van der Waals surface area contributed by atoms with Crippen LogP contribution in [0.3, 0.4) is 0 Å². The fraction of sp³-hybridized carbons (Fsp3) is 1.00. The molecular formula is C27H47F13NO3S+. The van der Waals surface area contributed by atoms with E-state index in [1.807, 2.05) is 0 Å². The molecular weight excluding hydrogens is 665 g/mol. The topological polar surface area (TPSA) is 54.4 Å². The van der Waals surface area contributed by atoms with E-state index in [2.05, 4.69) is 28.1 Å². The van der Waals surface area contributed by atoms with Crippen molar-refractivity contribution < 1.29 is 74.5 Å². The number of alkyl halides is 13. The monoisotopic (exact) mass is 712 g/mol. The Hall–Kier alpha value is -1.04. The third-order valence-corrected chi connectivity index (χ3v) is 7.82. The van der Waals surface area contributed by atoms with Crippen LogP contribution in [-0.2, 0) is 10.1 Å². The highest BCUT2D eigenvalue weighted by Gasteiger charge is 2.92. The summed E-state index contributed by atoms with van der Waals surface area (Å²) in [4.78, 5) is 0. The molecule has 0 amide bonds. The summed E-state index contributed by atoms with van der Waals surface area (Å²) in [5, 5.41) is -7.52. The number of quaternary nitrogens is 1. The fourth-order valence-corrected chi connectivity index (χ4v) is 4.50. The molecule has 274 valence electrons. The molecule has 0 saturated carbocycles. The molecule has 0 radical (unpaired) electrons. The van der Waals surface area contributed by atoms with Crippen LogP contribution in [0, 0.1) is 0 Å². The standard InChI is InChI=1S/C21H46N.C6HF13O3S/c1-5-6-7-8-9-10-11-12-13-14-15-16-17-18-19-20-21-22(2,3)4;7-1(8,3(11,12)5(15,16)17)2(9,10)4(13,14)6(18,19)23(20,21)22/h5-21H2,1-4H3;(H,20,21,22)/q+1;. The summed E-state index contributed by atoms with van der Waals surface area (Å²) < 4.78 is 189. The maximum Gasteiger partial charge on any atom is 0.460 e. The number of halogens is 13. The van der Waals surface area contributed by atoms with Gasteiger partial charge in [0.15, 0.2) is 0 Å². The van der Waals surface area contributed by atoms with Crippen LogP contribution in [0.25, 0.3) is 0 Å². The summed E-state index contributed by atoms with van der Waals surface area (Å²) in [6.45, 7) is 3.63. The van der Waals surface area contributed by atoms with Gasteiger partial charge in [-0.3, -0.25) is 4.55 Å². The molecule has 0 rings (SSSR count). The van der Waals surface area contributed by atoms with Gasteiger partial charge < -0.3 is 4.48 Å². The molecule has 0 heterocycles. The van der Waals surface area contributed by atoms with Gasteiger partial charge in [0.2, 0.25) is 0 Å². The molecule has 0 aromatic heterocycles. The Morgan fingerprint density at radius 2 is 0.733 bits per heavy atom. The lowest BCUT2D eigenvalue weighted by molar-refractivity contribution is -0.870. The Labute approximate surface area is 257 Å². The van der Waals surface area contributed by atoms with Gasteiger partial charge in [-0.05, 0) is 12.8 Å². The highest BCUT2D eigenvalue weighted by atomic mass is 32.2. The maximum absolute atomic E-state index is 12.7. The molecule has 0 aliphatic rings. The molecule has 0 saturated heterocycles. The molecule has 0 fully saturated rings. The summed E-state index contributed by atoms with van der Waals surface area (Å²) in [6.07, 6.45) is 15.8. The Bertz CT molecular complexity index is 920. The Morgan fingerprint density at radius 3 is 0.978 bits per heavy atom. The van der Waals surface area contributed by atoms with Crippen LogP contribution in [0.1, 0.15) is 110 Å². The van der Waals surface area contributed by atoms with E-state index in [9.17, 15) is 65.5 Å². The molecule has 4 nitrogen and oxygen atoms in total. The first-order valence-corrected chi connectivity index (χ1v) is 16.2. The molecule has 0 bridgehead atoms. The second-order valence-electron chi connectivity index (χ2n) is 12.1. The van der Waals surface area contributed by atoms with E-state index < -0.39 is 45.2 Å². The second kappa shape index (κ2) is 18.5. The van der Waals surface area contributed by atoms with E-state index in [0.29, 0.717) is 0 Å². The van der Waals surface area contributed by atoms with Crippen molar-refractivity contribution >= 4 is 10.1 Å². The smallest absolute Gasteiger partial charge is 0.331 e. The SMILES string of the molecule is CCCCCCCCCCCCCCCCCC[N+](C)(C)C.O=S(=O)(O)C(F)(F)C(F)(F)C(F)(F)C(F)(F)C(F)(F)C(F)(F)F. The molecule has 45 heavy (non-hydrogen) atoms. The van der Waals surface area contributed by atoms with E-state index in [4.69, 9.17) is 4.55 Å². The van der Waals surface area contributed by atoms with E-state index in [1.54, 1.807) is 0 Å². The van der Waals surface area contributed by atoms with Crippen molar-refractivity contribution in [1.82, 2.24) is 0 Å². The van der Waals surface area contributed by atoms with Crippen molar-refractivity contribution in [3.8, 4) is 0 Å². The molecule has 0 unspecified atom stereocenters. The highest BCUT2D eigenvalue weighted by molar-refractivity contribution is 7.87. The number of hydrogen-bond acceptors (Lipinski definition) is 2. The Morgan fingerprint density at radius 1 is 0.467 bits per heavy atom. The molecule has 18 heteroatoms. The van der Waals surface area contributed by atoms with E-state index in [-0.39, 0.29) is 0 Å². The molecule has 0 aliphatic carbocycles. The van der Waals surface area contributed by atoms with Gasteiger partial charge in [-0.1, -0.05) is 96.8 Å². The average Bonchev–Trinajstić information content (AvgIpc) is 2.86. The van der Waals surface area contributed by atoms with Crippen molar-refractivity contribution in [2.24, 2.45) is 0 Å². The van der Waals surface area contributed by atoms with Crippen molar-refractivity contribution in [2.75, 3.05) is 27.7 Å². The first kappa shape index (κ1) is 46.1. The zero-order valence-corrected chi connectivity index (χ0v) is 26.9. The first-order chi connectivity index (χ1) is 20.1. The summed E-state index contributed by atoms with van der Waals surface area (Å²) in [7, 11) is -0.717. The van der Waals surface area contributed by atoms with Gasteiger partial charge in [0, 0.05) is 0 Å². The lowest BCUT2D eigenvalue weighted by Crippen LogP contribution is -2.71. The van der Waals surface area contributed by atoms with Crippen LogP contribution in [0.15, 0.2) is 0 Å². The number of unbranched alkanes of at least 4 members (excludes halogenated alkanes) is 15. The van der Waals surface area contributed by atoms with Gasteiger partial charge in [-0.25, -0.2) is 0 Å². The van der Waals surface area contributed by atoms with Crippen LogP contribution >= 0.6 is 0 Å². The lowest BCUT2D eigenvalue weighted by Gasteiger charge is -2.38. The van der Waals surface area contributed by atoms with Gasteiger partial charge in [-0.2, -0.15) is 65.5 Å². The quantitative estimate of drug-likeness (QED) is 0.0526. The lowest BCUT2D eigenvalue weighted by atomic mass is 9.98. The van der Waals surface area contributed by atoms with Crippen LogP contribution in [-0.4, -0.2) is 80.3 Å². The minimum absolute atomic E-state index is 1.12. The van der Waals surface area contributed by atoms with Gasteiger partial charge >= 0.3 is 45.2 Å². The van der Waals surface area contributed by atoms with Crippen LogP contribution in [0.5, 0.6) is 0 Å². The predicted octanol–water partition coefficient (Wildman–Crippen LogP) is 10.5. The zero-order chi connectivity index (χ0) is 36.0. The Kier molecular flexibility index (Phi) is 18.9. The molecule has 0 atom stereocenters. The normalized spacial score (nSPS) is 14.4. The average molecular weight is 713 g/mol. The van der Waals surface area contributed by atoms with Crippen molar-refractivity contribution in [1.29, 1.82) is 0 Å². The summed E-state index contributed by atoms with van der Waals surface area (Å²) in [5.74, 6) is -32.5. The second-order valence-corrected chi connectivity index (χ2v) is 13.6. The fourth-order valence-electron chi connectivity index (χ4n) is 4.05. The van der Waals surface area contributed by atoms with Crippen molar-refractivity contribution in [3.63, 3.8) is 0 Å². The van der Waals surface area contributed by atoms with E-state index in [1.165, 1.54) is 109 Å². The van der Waals surface area contributed by atoms with Gasteiger partial charge in [0.1, 0.15) is 0 Å². The van der Waals surface area contributed by atoms with Gasteiger partial charge in [0.05, 0.1) is 27.7 Å². The van der Waals surface area contributed by atoms with E-state index >= 15 is 0 Å². The van der Waals surface area contributed by atoms with Crippen LogP contribution in [0.2, 0.25) is 0 Å².